The third-order valence-electron chi connectivity index (χ3n) is 4.90. The lowest BCUT2D eigenvalue weighted by molar-refractivity contribution is -0.112. The monoisotopic (exact) mass is 538 g/mol. The summed E-state index contributed by atoms with van der Waals surface area (Å²) < 4.78 is 12.4. The average molecular weight is 540 g/mol. The normalized spacial score (nSPS) is 11.0. The summed E-state index contributed by atoms with van der Waals surface area (Å²) in [6, 6.07) is 20.4. The van der Waals surface area contributed by atoms with Gasteiger partial charge in [-0.05, 0) is 88.4 Å². The summed E-state index contributed by atoms with van der Waals surface area (Å²) in [4.78, 5) is 12.7. The number of rotatable bonds is 9. The zero-order valence-corrected chi connectivity index (χ0v) is 21.2. The van der Waals surface area contributed by atoms with E-state index in [1.807, 2.05) is 55.5 Å². The van der Waals surface area contributed by atoms with E-state index in [9.17, 15) is 10.1 Å². The van der Waals surface area contributed by atoms with Gasteiger partial charge in [0.1, 0.15) is 18.2 Å². The Labute approximate surface area is 213 Å². The number of aryl methyl sites for hydroxylation is 1. The molecule has 0 saturated heterocycles. The number of anilines is 1. The number of hydrogen-bond acceptors (Lipinski definition) is 4. The standard InChI is InChI=1S/C27H24BrClN2O3/c1-3-18-8-10-23(11-9-18)31-27(32)21(16-30)12-20-14-24(28)26(25(15-20)33-4-2)34-17-19-6-5-7-22(29)13-19/h5-15H,3-4,17H2,1-2H3,(H,31,32)/b21-12+. The number of benzene rings is 3. The number of nitriles is 1. The summed E-state index contributed by atoms with van der Waals surface area (Å²) in [5.74, 6) is 0.540. The molecule has 0 spiro atoms. The minimum absolute atomic E-state index is 0.0264. The van der Waals surface area contributed by atoms with Gasteiger partial charge in [-0.3, -0.25) is 4.79 Å². The van der Waals surface area contributed by atoms with Crippen molar-refractivity contribution in [1.29, 1.82) is 5.26 Å². The van der Waals surface area contributed by atoms with Crippen LogP contribution in [0, 0.1) is 11.3 Å². The third kappa shape index (κ3) is 6.86. The van der Waals surface area contributed by atoms with Gasteiger partial charge in [0.2, 0.25) is 0 Å². The summed E-state index contributed by atoms with van der Waals surface area (Å²) in [6.07, 6.45) is 2.43. The van der Waals surface area contributed by atoms with Crippen LogP contribution < -0.4 is 14.8 Å². The smallest absolute Gasteiger partial charge is 0.266 e. The Morgan fingerprint density at radius 3 is 2.50 bits per heavy atom. The third-order valence-corrected chi connectivity index (χ3v) is 5.72. The molecular formula is C27H24BrClN2O3. The van der Waals surface area contributed by atoms with Crippen LogP contribution >= 0.6 is 27.5 Å². The molecule has 0 heterocycles. The summed E-state index contributed by atoms with van der Waals surface area (Å²) in [6.45, 7) is 4.66. The number of nitrogens with zero attached hydrogens (tertiary/aromatic N) is 1. The fraction of sp³-hybridized carbons (Fsp3) is 0.185. The molecule has 1 amide bonds. The van der Waals surface area contributed by atoms with E-state index in [1.165, 1.54) is 11.6 Å². The fourth-order valence-electron chi connectivity index (χ4n) is 3.19. The summed E-state index contributed by atoms with van der Waals surface area (Å²) in [5.41, 5.74) is 3.31. The molecule has 0 aliphatic rings. The largest absolute Gasteiger partial charge is 0.490 e. The van der Waals surface area contributed by atoms with E-state index < -0.39 is 5.91 Å². The molecule has 0 atom stereocenters. The van der Waals surface area contributed by atoms with Crippen molar-refractivity contribution in [1.82, 2.24) is 0 Å². The molecular weight excluding hydrogens is 516 g/mol. The van der Waals surface area contributed by atoms with Crippen molar-refractivity contribution in [2.24, 2.45) is 0 Å². The van der Waals surface area contributed by atoms with E-state index in [0.29, 0.717) is 45.5 Å². The quantitative estimate of drug-likeness (QED) is 0.231. The van der Waals surface area contributed by atoms with Crippen LogP contribution in [0.25, 0.3) is 6.08 Å². The molecule has 3 aromatic carbocycles. The molecule has 34 heavy (non-hydrogen) atoms. The number of carbonyl (C=O) groups excluding carboxylic acids is 1. The van der Waals surface area contributed by atoms with Crippen molar-refractivity contribution in [3.05, 3.63) is 92.4 Å². The lowest BCUT2D eigenvalue weighted by atomic mass is 10.1. The van der Waals surface area contributed by atoms with E-state index in [0.717, 1.165) is 12.0 Å². The second-order valence-electron chi connectivity index (χ2n) is 7.36. The van der Waals surface area contributed by atoms with Crippen molar-refractivity contribution in [2.75, 3.05) is 11.9 Å². The summed E-state index contributed by atoms with van der Waals surface area (Å²) in [7, 11) is 0. The van der Waals surface area contributed by atoms with Gasteiger partial charge >= 0.3 is 0 Å². The van der Waals surface area contributed by atoms with Crippen LogP contribution in [-0.4, -0.2) is 12.5 Å². The number of amides is 1. The van der Waals surface area contributed by atoms with E-state index in [-0.39, 0.29) is 5.57 Å². The Hall–Kier alpha value is -3.27. The topological polar surface area (TPSA) is 71.3 Å². The van der Waals surface area contributed by atoms with Crippen molar-refractivity contribution in [3.63, 3.8) is 0 Å². The molecule has 0 aliphatic carbocycles. The van der Waals surface area contributed by atoms with Gasteiger partial charge in [0.15, 0.2) is 11.5 Å². The Balaban J connectivity index is 1.82. The van der Waals surface area contributed by atoms with E-state index in [2.05, 4.69) is 28.2 Å². The first-order valence-electron chi connectivity index (χ1n) is 10.8. The van der Waals surface area contributed by atoms with Gasteiger partial charge in [0.25, 0.3) is 5.91 Å². The lowest BCUT2D eigenvalue weighted by Crippen LogP contribution is -2.13. The molecule has 0 radical (unpaired) electrons. The van der Waals surface area contributed by atoms with Crippen molar-refractivity contribution in [3.8, 4) is 17.6 Å². The number of halogens is 2. The SMILES string of the molecule is CCOc1cc(/C=C(\C#N)C(=O)Nc2ccc(CC)cc2)cc(Br)c1OCc1cccc(Cl)c1. The highest BCUT2D eigenvalue weighted by atomic mass is 79.9. The van der Waals surface area contributed by atoms with Crippen LogP contribution in [0.3, 0.4) is 0 Å². The van der Waals surface area contributed by atoms with Crippen LogP contribution in [-0.2, 0) is 17.8 Å². The second-order valence-corrected chi connectivity index (χ2v) is 8.65. The minimum Gasteiger partial charge on any atom is -0.490 e. The first kappa shape index (κ1) is 25.4. The predicted octanol–water partition coefficient (Wildman–Crippen LogP) is 7.19. The molecule has 0 saturated carbocycles. The van der Waals surface area contributed by atoms with Gasteiger partial charge in [-0.25, -0.2) is 0 Å². The maximum absolute atomic E-state index is 12.7. The van der Waals surface area contributed by atoms with E-state index in [1.54, 1.807) is 18.2 Å². The summed E-state index contributed by atoms with van der Waals surface area (Å²) in [5, 5.41) is 13.0. The first-order valence-corrected chi connectivity index (χ1v) is 12.0. The van der Waals surface area contributed by atoms with Crippen molar-refractivity contribution >= 4 is 45.2 Å². The maximum Gasteiger partial charge on any atom is 0.266 e. The fourth-order valence-corrected chi connectivity index (χ4v) is 3.98. The van der Waals surface area contributed by atoms with Crippen LogP contribution in [0.4, 0.5) is 5.69 Å². The van der Waals surface area contributed by atoms with E-state index >= 15 is 0 Å². The molecule has 7 heteroatoms. The lowest BCUT2D eigenvalue weighted by Gasteiger charge is -2.15. The highest BCUT2D eigenvalue weighted by Crippen LogP contribution is 2.38. The van der Waals surface area contributed by atoms with Gasteiger partial charge in [0.05, 0.1) is 11.1 Å². The van der Waals surface area contributed by atoms with E-state index in [4.69, 9.17) is 21.1 Å². The van der Waals surface area contributed by atoms with Gasteiger partial charge in [-0.1, -0.05) is 42.8 Å². The number of carbonyl (C=O) groups is 1. The highest BCUT2D eigenvalue weighted by Gasteiger charge is 2.15. The number of nitrogens with one attached hydrogen (secondary N) is 1. The van der Waals surface area contributed by atoms with Gasteiger partial charge in [-0.2, -0.15) is 5.26 Å². The van der Waals surface area contributed by atoms with Gasteiger partial charge in [0, 0.05) is 10.7 Å². The molecule has 0 bridgehead atoms. The average Bonchev–Trinajstić information content (AvgIpc) is 2.82. The number of hydrogen-bond donors (Lipinski definition) is 1. The molecule has 5 nitrogen and oxygen atoms in total. The van der Waals surface area contributed by atoms with Crippen molar-refractivity contribution < 1.29 is 14.3 Å². The zero-order valence-electron chi connectivity index (χ0n) is 18.9. The van der Waals surface area contributed by atoms with Crippen LogP contribution in [0.1, 0.15) is 30.5 Å². The van der Waals surface area contributed by atoms with Gasteiger partial charge < -0.3 is 14.8 Å². The minimum atomic E-state index is -0.484. The molecule has 0 unspecified atom stereocenters. The molecule has 1 N–H and O–H groups in total. The Kier molecular flexibility index (Phi) is 9.15. The summed E-state index contributed by atoms with van der Waals surface area (Å²) >= 11 is 9.59. The molecule has 0 aliphatic heterocycles. The first-order chi connectivity index (χ1) is 16.4. The van der Waals surface area contributed by atoms with Crippen molar-refractivity contribution in [2.45, 2.75) is 26.9 Å². The molecule has 174 valence electrons. The zero-order chi connectivity index (χ0) is 24.5. The molecule has 0 aromatic heterocycles. The van der Waals surface area contributed by atoms with Crippen LogP contribution in [0.2, 0.25) is 5.02 Å². The highest BCUT2D eigenvalue weighted by molar-refractivity contribution is 9.10. The Bertz CT molecular complexity index is 1230. The predicted molar refractivity (Wildman–Crippen MR) is 139 cm³/mol. The maximum atomic E-state index is 12.7. The Morgan fingerprint density at radius 1 is 1.09 bits per heavy atom. The van der Waals surface area contributed by atoms with Crippen LogP contribution in [0.5, 0.6) is 11.5 Å². The van der Waals surface area contributed by atoms with Gasteiger partial charge in [-0.15, -0.1) is 0 Å². The van der Waals surface area contributed by atoms with Crippen LogP contribution in [0.15, 0.2) is 70.7 Å². The molecule has 0 fully saturated rings. The Morgan fingerprint density at radius 2 is 1.85 bits per heavy atom. The molecule has 3 rings (SSSR count). The second kappa shape index (κ2) is 12.3. The molecule has 3 aromatic rings. The number of ether oxygens (including phenoxy) is 2.